The number of fused-ring (bicyclic) bond motifs is 1. The quantitative estimate of drug-likeness (QED) is 0.821. The van der Waals surface area contributed by atoms with Crippen molar-refractivity contribution in [1.82, 2.24) is 5.32 Å². The number of nitrogens with one attached hydrogen (secondary N) is 1. The van der Waals surface area contributed by atoms with Crippen molar-refractivity contribution < 1.29 is 19.0 Å². The van der Waals surface area contributed by atoms with Crippen LogP contribution < -0.4 is 19.5 Å². The predicted octanol–water partition coefficient (Wildman–Crippen LogP) is 3.21. The van der Waals surface area contributed by atoms with Crippen molar-refractivity contribution in [2.45, 2.75) is 19.1 Å². The molecule has 0 saturated carbocycles. The Hall–Kier alpha value is -2.95. The Morgan fingerprint density at radius 3 is 2.72 bits per heavy atom. The Morgan fingerprint density at radius 1 is 1.28 bits per heavy atom. The summed E-state index contributed by atoms with van der Waals surface area (Å²) >= 11 is 0. The van der Waals surface area contributed by atoms with Crippen LogP contribution in [0.4, 0.5) is 0 Å². The Balaban J connectivity index is 1.58. The number of carbonyl (C=O) groups excluding carboxylic acids is 1. The average molecular weight is 339 g/mol. The first-order chi connectivity index (χ1) is 12.2. The normalized spacial score (nSPS) is 16.6. The Morgan fingerprint density at radius 2 is 2.00 bits per heavy atom. The van der Waals surface area contributed by atoms with Gasteiger partial charge in [0.25, 0.3) is 5.91 Å². The van der Waals surface area contributed by atoms with E-state index in [1.165, 1.54) is 0 Å². The Kier molecular flexibility index (Phi) is 5.23. The number of carbonyl (C=O) groups is 1. The molecule has 1 heterocycles. The molecule has 0 saturated heterocycles. The lowest BCUT2D eigenvalue weighted by atomic mass is 10.1. The van der Waals surface area contributed by atoms with E-state index in [4.69, 9.17) is 14.2 Å². The van der Waals surface area contributed by atoms with E-state index >= 15 is 0 Å². The van der Waals surface area contributed by atoms with Gasteiger partial charge in [0.1, 0.15) is 19.0 Å². The second-order valence-corrected chi connectivity index (χ2v) is 5.80. The summed E-state index contributed by atoms with van der Waals surface area (Å²) in [6.07, 6.45) is 1.43. The van der Waals surface area contributed by atoms with Gasteiger partial charge in [-0.3, -0.25) is 4.79 Å². The summed E-state index contributed by atoms with van der Waals surface area (Å²) in [6, 6.07) is 14.3. The van der Waals surface area contributed by atoms with E-state index in [0.717, 1.165) is 5.75 Å². The molecule has 0 fully saturated rings. The third kappa shape index (κ3) is 4.12. The van der Waals surface area contributed by atoms with Gasteiger partial charge in [-0.25, -0.2) is 0 Å². The molecule has 0 bridgehead atoms. The molecule has 1 amide bonds. The van der Waals surface area contributed by atoms with E-state index in [2.05, 4.69) is 11.9 Å². The molecule has 0 aromatic heterocycles. The maximum atomic E-state index is 12.4. The maximum Gasteiger partial charge on any atom is 0.251 e. The van der Waals surface area contributed by atoms with E-state index in [1.807, 2.05) is 31.2 Å². The number of hydrogen-bond donors (Lipinski definition) is 1. The summed E-state index contributed by atoms with van der Waals surface area (Å²) in [6.45, 7) is 6.33. The molecule has 1 aliphatic rings. The fourth-order valence-electron chi connectivity index (χ4n) is 2.52. The molecule has 2 aromatic carbocycles. The van der Waals surface area contributed by atoms with Crippen molar-refractivity contribution >= 4 is 5.91 Å². The lowest BCUT2D eigenvalue weighted by Crippen LogP contribution is -2.48. The molecule has 1 aliphatic heterocycles. The van der Waals surface area contributed by atoms with Crippen LogP contribution in [0.15, 0.2) is 61.2 Å². The first-order valence-electron chi connectivity index (χ1n) is 8.20. The van der Waals surface area contributed by atoms with Crippen molar-refractivity contribution in [2.75, 3.05) is 13.2 Å². The minimum atomic E-state index is -0.242. The first kappa shape index (κ1) is 16.9. The summed E-state index contributed by atoms with van der Waals surface area (Å²) in [4.78, 5) is 12.4. The molecule has 1 N–H and O–H groups in total. The standard InChI is InChI=1S/C20H21NO4/c1-3-12-23-16-10-8-15(9-11-16)20(22)21-14(2)19-13-24-17-6-4-5-7-18(17)25-19/h3-11,14,19H,1,12-13H2,2H3,(H,21,22)/t14-,19+/m1/s1. The number of hydrogen-bond acceptors (Lipinski definition) is 4. The molecular weight excluding hydrogens is 318 g/mol. The van der Waals surface area contributed by atoms with Gasteiger partial charge in [0.05, 0.1) is 6.04 Å². The Bertz CT molecular complexity index is 742. The maximum absolute atomic E-state index is 12.4. The van der Waals surface area contributed by atoms with E-state index in [0.29, 0.717) is 30.3 Å². The second-order valence-electron chi connectivity index (χ2n) is 5.80. The minimum Gasteiger partial charge on any atom is -0.490 e. The van der Waals surface area contributed by atoms with Gasteiger partial charge in [-0.2, -0.15) is 0 Å². The number of para-hydroxylation sites is 2. The summed E-state index contributed by atoms with van der Waals surface area (Å²) < 4.78 is 17.0. The molecule has 0 aliphatic carbocycles. The molecule has 25 heavy (non-hydrogen) atoms. The van der Waals surface area contributed by atoms with Crippen LogP contribution in [0.1, 0.15) is 17.3 Å². The van der Waals surface area contributed by atoms with Crippen molar-refractivity contribution in [3.8, 4) is 17.2 Å². The second kappa shape index (κ2) is 7.75. The highest BCUT2D eigenvalue weighted by Crippen LogP contribution is 2.31. The zero-order valence-electron chi connectivity index (χ0n) is 14.1. The number of rotatable bonds is 6. The van der Waals surface area contributed by atoms with Crippen LogP contribution in [0.2, 0.25) is 0 Å². The van der Waals surface area contributed by atoms with Crippen LogP contribution in [-0.2, 0) is 0 Å². The molecule has 5 heteroatoms. The number of ether oxygens (including phenoxy) is 3. The van der Waals surface area contributed by atoms with Crippen LogP contribution >= 0.6 is 0 Å². The Labute approximate surface area is 147 Å². The number of amides is 1. The highest BCUT2D eigenvalue weighted by atomic mass is 16.6. The molecule has 2 aromatic rings. The zero-order chi connectivity index (χ0) is 17.6. The van der Waals surface area contributed by atoms with E-state index in [-0.39, 0.29) is 18.1 Å². The molecule has 130 valence electrons. The first-order valence-corrected chi connectivity index (χ1v) is 8.20. The van der Waals surface area contributed by atoms with Crippen LogP contribution in [0, 0.1) is 0 Å². The minimum absolute atomic E-state index is 0.162. The third-order valence-corrected chi connectivity index (χ3v) is 3.93. The van der Waals surface area contributed by atoms with Crippen LogP contribution in [0.3, 0.4) is 0 Å². The summed E-state index contributed by atoms with van der Waals surface area (Å²) in [7, 11) is 0. The topological polar surface area (TPSA) is 56.8 Å². The molecule has 3 rings (SSSR count). The van der Waals surface area contributed by atoms with E-state index in [9.17, 15) is 4.79 Å². The van der Waals surface area contributed by atoms with Crippen molar-refractivity contribution in [3.63, 3.8) is 0 Å². The van der Waals surface area contributed by atoms with Gasteiger partial charge in [-0.15, -0.1) is 0 Å². The van der Waals surface area contributed by atoms with Crippen LogP contribution in [-0.4, -0.2) is 31.3 Å². The van der Waals surface area contributed by atoms with Crippen molar-refractivity contribution in [1.29, 1.82) is 0 Å². The SMILES string of the molecule is C=CCOc1ccc(C(=O)N[C@H](C)[C@@H]2COc3ccccc3O2)cc1. The molecular formula is C20H21NO4. The smallest absolute Gasteiger partial charge is 0.251 e. The van der Waals surface area contributed by atoms with E-state index in [1.54, 1.807) is 30.3 Å². The highest BCUT2D eigenvalue weighted by molar-refractivity contribution is 5.94. The van der Waals surface area contributed by atoms with Gasteiger partial charge < -0.3 is 19.5 Å². The molecule has 0 spiro atoms. The van der Waals surface area contributed by atoms with Gasteiger partial charge in [0.2, 0.25) is 0 Å². The lowest BCUT2D eigenvalue weighted by molar-refractivity contribution is 0.0606. The zero-order valence-corrected chi connectivity index (χ0v) is 14.1. The fourth-order valence-corrected chi connectivity index (χ4v) is 2.52. The monoisotopic (exact) mass is 339 g/mol. The van der Waals surface area contributed by atoms with Gasteiger partial charge >= 0.3 is 0 Å². The van der Waals surface area contributed by atoms with Gasteiger partial charge in [-0.05, 0) is 43.3 Å². The van der Waals surface area contributed by atoms with Crippen molar-refractivity contribution in [3.05, 3.63) is 66.7 Å². The van der Waals surface area contributed by atoms with Gasteiger partial charge in [0.15, 0.2) is 17.6 Å². The third-order valence-electron chi connectivity index (χ3n) is 3.93. The van der Waals surface area contributed by atoms with Gasteiger partial charge in [-0.1, -0.05) is 24.8 Å². The average Bonchev–Trinajstić information content (AvgIpc) is 2.66. The summed E-state index contributed by atoms with van der Waals surface area (Å²) in [5.41, 5.74) is 0.565. The highest BCUT2D eigenvalue weighted by Gasteiger charge is 2.27. The molecule has 0 unspecified atom stereocenters. The van der Waals surface area contributed by atoms with E-state index < -0.39 is 0 Å². The summed E-state index contributed by atoms with van der Waals surface area (Å²) in [5.74, 6) is 1.96. The van der Waals surface area contributed by atoms with Crippen LogP contribution in [0.5, 0.6) is 17.2 Å². The largest absolute Gasteiger partial charge is 0.490 e. The lowest BCUT2D eigenvalue weighted by Gasteiger charge is -2.30. The molecule has 0 radical (unpaired) electrons. The van der Waals surface area contributed by atoms with Crippen LogP contribution in [0.25, 0.3) is 0 Å². The fraction of sp³-hybridized carbons (Fsp3) is 0.250. The van der Waals surface area contributed by atoms with Crippen molar-refractivity contribution in [2.24, 2.45) is 0 Å². The summed E-state index contributed by atoms with van der Waals surface area (Å²) in [5, 5.41) is 2.96. The predicted molar refractivity (Wildman–Crippen MR) is 95.4 cm³/mol. The molecule has 5 nitrogen and oxygen atoms in total. The molecule has 2 atom stereocenters. The van der Waals surface area contributed by atoms with Gasteiger partial charge in [0, 0.05) is 5.56 Å². The number of benzene rings is 2.